The first kappa shape index (κ1) is 15.6. The zero-order valence-corrected chi connectivity index (χ0v) is 11.2. The van der Waals surface area contributed by atoms with Gasteiger partial charge in [-0.05, 0) is 31.7 Å². The Morgan fingerprint density at radius 2 is 1.89 bits per heavy atom. The number of hydrogen-bond acceptors (Lipinski definition) is 3. The van der Waals surface area contributed by atoms with Crippen LogP contribution in [0.5, 0.6) is 11.5 Å². The number of alkyl halides is 3. The van der Waals surface area contributed by atoms with Gasteiger partial charge >= 0.3 is 6.18 Å². The van der Waals surface area contributed by atoms with Crippen molar-refractivity contribution in [2.75, 3.05) is 21.3 Å². The van der Waals surface area contributed by atoms with Gasteiger partial charge in [-0.15, -0.1) is 0 Å². The van der Waals surface area contributed by atoms with E-state index in [1.807, 2.05) is 0 Å². The molecular weight excluding hydrogens is 259 g/mol. The summed E-state index contributed by atoms with van der Waals surface area (Å²) in [4.78, 5) is 0. The molecule has 0 aliphatic carbocycles. The SMILES string of the molecule is CNC(CCC(F)(F)F)c1cc(OC)ccc1OC. The molecule has 1 aromatic rings. The molecule has 0 saturated carbocycles. The Morgan fingerprint density at radius 1 is 1.21 bits per heavy atom. The summed E-state index contributed by atoms with van der Waals surface area (Å²) >= 11 is 0. The predicted octanol–water partition coefficient (Wildman–Crippen LogP) is 3.31. The maximum atomic E-state index is 12.3. The van der Waals surface area contributed by atoms with Crippen LogP contribution >= 0.6 is 0 Å². The third-order valence-electron chi connectivity index (χ3n) is 2.88. The van der Waals surface area contributed by atoms with E-state index in [1.165, 1.54) is 14.2 Å². The molecule has 1 aromatic carbocycles. The maximum absolute atomic E-state index is 12.3. The van der Waals surface area contributed by atoms with E-state index >= 15 is 0 Å². The van der Waals surface area contributed by atoms with E-state index in [0.29, 0.717) is 17.1 Å². The molecule has 6 heteroatoms. The minimum absolute atomic E-state index is 0.0521. The molecule has 1 N–H and O–H groups in total. The average molecular weight is 277 g/mol. The number of rotatable bonds is 6. The number of methoxy groups -OCH3 is 2. The topological polar surface area (TPSA) is 30.5 Å². The van der Waals surface area contributed by atoms with Gasteiger partial charge in [0.15, 0.2) is 0 Å². The highest BCUT2D eigenvalue weighted by atomic mass is 19.4. The molecule has 0 amide bonds. The van der Waals surface area contributed by atoms with Crippen LogP contribution in [0.25, 0.3) is 0 Å². The van der Waals surface area contributed by atoms with Gasteiger partial charge in [0.05, 0.1) is 14.2 Å². The molecule has 0 saturated heterocycles. The summed E-state index contributed by atoms with van der Waals surface area (Å²) in [5.41, 5.74) is 0.661. The summed E-state index contributed by atoms with van der Waals surface area (Å²) in [5, 5.41) is 2.88. The Morgan fingerprint density at radius 3 is 2.37 bits per heavy atom. The molecule has 1 rings (SSSR count). The summed E-state index contributed by atoms with van der Waals surface area (Å²) < 4.78 is 47.2. The van der Waals surface area contributed by atoms with Crippen LogP contribution in [0.15, 0.2) is 18.2 Å². The number of hydrogen-bond donors (Lipinski definition) is 1. The lowest BCUT2D eigenvalue weighted by molar-refractivity contribution is -0.136. The van der Waals surface area contributed by atoms with Gasteiger partial charge in [-0.25, -0.2) is 0 Å². The van der Waals surface area contributed by atoms with Crippen LogP contribution in [0, 0.1) is 0 Å². The van der Waals surface area contributed by atoms with Crippen LogP contribution in [0.2, 0.25) is 0 Å². The molecule has 0 aromatic heterocycles. The van der Waals surface area contributed by atoms with Crippen LogP contribution in [-0.2, 0) is 0 Å². The van der Waals surface area contributed by atoms with Gasteiger partial charge in [0, 0.05) is 18.0 Å². The van der Waals surface area contributed by atoms with Gasteiger partial charge < -0.3 is 14.8 Å². The molecule has 19 heavy (non-hydrogen) atoms. The molecule has 0 aliphatic heterocycles. The summed E-state index contributed by atoms with van der Waals surface area (Å²) in [6.07, 6.45) is -5.07. The van der Waals surface area contributed by atoms with E-state index in [2.05, 4.69) is 5.32 Å². The first-order chi connectivity index (χ1) is 8.91. The van der Waals surface area contributed by atoms with Crippen molar-refractivity contribution in [3.63, 3.8) is 0 Å². The Labute approximate surface area is 110 Å². The minimum atomic E-state index is -4.17. The molecule has 1 atom stereocenters. The van der Waals surface area contributed by atoms with E-state index in [0.717, 1.165) is 0 Å². The van der Waals surface area contributed by atoms with Crippen molar-refractivity contribution in [3.05, 3.63) is 23.8 Å². The Bertz CT molecular complexity index is 407. The molecule has 3 nitrogen and oxygen atoms in total. The molecule has 0 spiro atoms. The number of ether oxygens (including phenoxy) is 2. The quantitative estimate of drug-likeness (QED) is 0.865. The standard InChI is InChI=1S/C13H18F3NO2/c1-17-11(6-7-13(14,15)16)10-8-9(18-2)4-5-12(10)19-3/h4-5,8,11,17H,6-7H2,1-3H3. The predicted molar refractivity (Wildman–Crippen MR) is 66.6 cm³/mol. The fraction of sp³-hybridized carbons (Fsp3) is 0.538. The largest absolute Gasteiger partial charge is 0.497 e. The lowest BCUT2D eigenvalue weighted by Gasteiger charge is -2.20. The third kappa shape index (κ3) is 4.63. The van der Waals surface area contributed by atoms with Gasteiger partial charge in [-0.1, -0.05) is 0 Å². The minimum Gasteiger partial charge on any atom is -0.497 e. The molecule has 108 valence electrons. The zero-order chi connectivity index (χ0) is 14.5. The van der Waals surface area contributed by atoms with Crippen molar-refractivity contribution >= 4 is 0 Å². The van der Waals surface area contributed by atoms with Crippen LogP contribution in [0.1, 0.15) is 24.4 Å². The van der Waals surface area contributed by atoms with Gasteiger partial charge in [-0.2, -0.15) is 13.2 Å². The summed E-state index contributed by atoms with van der Waals surface area (Å²) in [6.45, 7) is 0. The van der Waals surface area contributed by atoms with E-state index in [-0.39, 0.29) is 6.42 Å². The molecule has 0 aliphatic rings. The highest BCUT2D eigenvalue weighted by Gasteiger charge is 2.29. The van der Waals surface area contributed by atoms with E-state index in [4.69, 9.17) is 9.47 Å². The Hall–Kier alpha value is -1.43. The lowest BCUT2D eigenvalue weighted by Crippen LogP contribution is -2.20. The first-order valence-electron chi connectivity index (χ1n) is 5.87. The maximum Gasteiger partial charge on any atom is 0.389 e. The molecule has 0 fully saturated rings. The summed E-state index contributed by atoms with van der Waals surface area (Å²) in [7, 11) is 4.62. The van der Waals surface area contributed by atoms with Crippen LogP contribution in [-0.4, -0.2) is 27.4 Å². The normalized spacial score (nSPS) is 13.2. The van der Waals surface area contributed by atoms with Crippen LogP contribution in [0.3, 0.4) is 0 Å². The third-order valence-corrected chi connectivity index (χ3v) is 2.88. The highest BCUT2D eigenvalue weighted by molar-refractivity contribution is 5.42. The van der Waals surface area contributed by atoms with Gasteiger partial charge in [0.1, 0.15) is 11.5 Å². The number of halogens is 3. The summed E-state index contributed by atoms with van der Waals surface area (Å²) in [6, 6.07) is 4.65. The van der Waals surface area contributed by atoms with Crippen molar-refractivity contribution in [3.8, 4) is 11.5 Å². The summed E-state index contributed by atoms with van der Waals surface area (Å²) in [5.74, 6) is 1.13. The number of nitrogens with one attached hydrogen (secondary N) is 1. The fourth-order valence-corrected chi connectivity index (χ4v) is 1.88. The van der Waals surface area contributed by atoms with Crippen LogP contribution in [0.4, 0.5) is 13.2 Å². The first-order valence-corrected chi connectivity index (χ1v) is 5.87. The Balaban J connectivity index is 2.95. The van der Waals surface area contributed by atoms with E-state index in [1.54, 1.807) is 25.2 Å². The molecule has 1 unspecified atom stereocenters. The van der Waals surface area contributed by atoms with E-state index in [9.17, 15) is 13.2 Å². The number of benzene rings is 1. The molecule has 0 heterocycles. The van der Waals surface area contributed by atoms with Crippen molar-refractivity contribution in [2.24, 2.45) is 0 Å². The fourth-order valence-electron chi connectivity index (χ4n) is 1.88. The van der Waals surface area contributed by atoms with Gasteiger partial charge in [0.2, 0.25) is 0 Å². The second-order valence-corrected chi connectivity index (χ2v) is 4.10. The lowest BCUT2D eigenvalue weighted by atomic mass is 10.0. The zero-order valence-electron chi connectivity index (χ0n) is 11.2. The highest BCUT2D eigenvalue weighted by Crippen LogP contribution is 2.34. The van der Waals surface area contributed by atoms with Crippen molar-refractivity contribution in [1.29, 1.82) is 0 Å². The second kappa shape index (κ2) is 6.65. The van der Waals surface area contributed by atoms with Crippen molar-refractivity contribution in [2.45, 2.75) is 25.1 Å². The van der Waals surface area contributed by atoms with Gasteiger partial charge in [-0.3, -0.25) is 0 Å². The van der Waals surface area contributed by atoms with E-state index < -0.39 is 18.6 Å². The monoisotopic (exact) mass is 277 g/mol. The van der Waals surface area contributed by atoms with Gasteiger partial charge in [0.25, 0.3) is 0 Å². The average Bonchev–Trinajstić information content (AvgIpc) is 2.38. The molecular formula is C13H18F3NO2. The second-order valence-electron chi connectivity index (χ2n) is 4.10. The van der Waals surface area contributed by atoms with Crippen molar-refractivity contribution < 1.29 is 22.6 Å². The van der Waals surface area contributed by atoms with Crippen LogP contribution < -0.4 is 14.8 Å². The van der Waals surface area contributed by atoms with Crippen molar-refractivity contribution in [1.82, 2.24) is 5.32 Å². The molecule has 0 bridgehead atoms. The molecule has 0 radical (unpaired) electrons. The smallest absolute Gasteiger partial charge is 0.389 e. The Kier molecular flexibility index (Phi) is 5.47.